The largest absolute Gasteiger partial charge is 0.494 e. The molecule has 0 radical (unpaired) electrons. The van der Waals surface area contributed by atoms with Crippen molar-refractivity contribution in [3.05, 3.63) is 29.7 Å². The quantitative estimate of drug-likeness (QED) is 0.879. The summed E-state index contributed by atoms with van der Waals surface area (Å²) >= 11 is 1.19. The Morgan fingerprint density at radius 1 is 1.48 bits per heavy atom. The number of nitrogens with zero attached hydrogens (tertiary/aromatic N) is 3. The summed E-state index contributed by atoms with van der Waals surface area (Å²) in [4.78, 5) is 9.65. The van der Waals surface area contributed by atoms with Gasteiger partial charge in [-0.25, -0.2) is 13.4 Å². The van der Waals surface area contributed by atoms with Crippen molar-refractivity contribution in [1.82, 2.24) is 19.2 Å². The highest BCUT2D eigenvalue weighted by molar-refractivity contribution is 7.91. The Morgan fingerprint density at radius 2 is 2.30 bits per heavy atom. The Hall–Kier alpha value is -1.42. The summed E-state index contributed by atoms with van der Waals surface area (Å²) in [7, 11) is -2.07. The summed E-state index contributed by atoms with van der Waals surface area (Å²) in [5, 5.41) is 1.73. The minimum absolute atomic E-state index is 0.0653. The summed E-state index contributed by atoms with van der Waals surface area (Å²) in [5.41, 5.74) is 0. The molecular formula is C14H20N4O3S2. The number of hydrogen-bond donors (Lipinski definition) is 1. The second-order valence-corrected chi connectivity index (χ2v) is 8.31. The molecule has 0 aliphatic carbocycles. The van der Waals surface area contributed by atoms with Crippen LogP contribution in [0.15, 0.2) is 28.0 Å². The molecular weight excluding hydrogens is 336 g/mol. The third-order valence-corrected chi connectivity index (χ3v) is 7.37. The first-order valence-corrected chi connectivity index (χ1v) is 9.74. The number of likely N-dealkylation sites (N-methyl/N-ethyl adjacent to an activating group) is 1. The van der Waals surface area contributed by atoms with Gasteiger partial charge in [0, 0.05) is 32.0 Å². The lowest BCUT2D eigenvalue weighted by Crippen LogP contribution is -2.50. The lowest BCUT2D eigenvalue weighted by molar-refractivity contribution is 0.119. The van der Waals surface area contributed by atoms with Crippen molar-refractivity contribution in [1.29, 1.82) is 0 Å². The van der Waals surface area contributed by atoms with E-state index in [0.29, 0.717) is 25.4 Å². The standard InChI is InChI=1S/C14H20N4O3S2/c1-3-17-7-8-18(10-11(17)13-15-5-6-16-13)23(19,20)14-12(21-2)4-9-22-14/h4-6,9,11H,3,7-8,10H2,1-2H3,(H,15,16)/t11-/m1/s1. The Morgan fingerprint density at radius 3 is 2.96 bits per heavy atom. The highest BCUT2D eigenvalue weighted by atomic mass is 32.2. The van der Waals surface area contributed by atoms with E-state index >= 15 is 0 Å². The fraction of sp³-hybridized carbons (Fsp3) is 0.500. The van der Waals surface area contributed by atoms with Crippen molar-refractivity contribution in [2.45, 2.75) is 17.2 Å². The second kappa shape index (κ2) is 6.60. The number of nitrogens with one attached hydrogen (secondary N) is 1. The fourth-order valence-corrected chi connectivity index (χ4v) is 5.70. The molecule has 0 saturated carbocycles. The Balaban J connectivity index is 1.89. The molecule has 0 aromatic carbocycles. The predicted molar refractivity (Wildman–Crippen MR) is 88.2 cm³/mol. The molecule has 0 spiro atoms. The van der Waals surface area contributed by atoms with Crippen LogP contribution in [0.3, 0.4) is 0 Å². The first-order valence-electron chi connectivity index (χ1n) is 7.43. The number of thiophene rings is 1. The topological polar surface area (TPSA) is 78.5 Å². The van der Waals surface area contributed by atoms with Crippen LogP contribution in [0.2, 0.25) is 0 Å². The molecule has 1 N–H and O–H groups in total. The summed E-state index contributed by atoms with van der Waals surface area (Å²) in [5.74, 6) is 1.20. The lowest BCUT2D eigenvalue weighted by atomic mass is 10.2. The number of ether oxygens (including phenoxy) is 1. The maximum atomic E-state index is 12.9. The predicted octanol–water partition coefficient (Wildman–Crippen LogP) is 1.55. The zero-order chi connectivity index (χ0) is 16.4. The summed E-state index contributed by atoms with van der Waals surface area (Å²) in [6.45, 7) is 4.44. The molecule has 2 aromatic rings. The molecule has 126 valence electrons. The number of aromatic amines is 1. The minimum atomic E-state index is -3.56. The molecule has 1 aliphatic rings. The fourth-order valence-electron chi connectivity index (χ4n) is 2.85. The van der Waals surface area contributed by atoms with Crippen LogP contribution in [-0.2, 0) is 10.0 Å². The van der Waals surface area contributed by atoms with Crippen molar-refractivity contribution in [3.8, 4) is 5.75 Å². The molecule has 1 saturated heterocycles. The van der Waals surface area contributed by atoms with Gasteiger partial charge in [-0.05, 0) is 18.0 Å². The molecule has 0 unspecified atom stereocenters. The Bertz CT molecular complexity index is 742. The number of methoxy groups -OCH3 is 1. The van der Waals surface area contributed by atoms with E-state index in [2.05, 4.69) is 21.8 Å². The van der Waals surface area contributed by atoms with E-state index in [-0.39, 0.29) is 10.3 Å². The van der Waals surface area contributed by atoms with Gasteiger partial charge >= 0.3 is 0 Å². The molecule has 7 nitrogen and oxygen atoms in total. The SMILES string of the molecule is CCN1CCN(S(=O)(=O)c2sccc2OC)C[C@@H]1c1ncc[nH]1. The first-order chi connectivity index (χ1) is 11.1. The summed E-state index contributed by atoms with van der Waals surface area (Å²) in [6, 6.07) is 1.62. The Kier molecular flexibility index (Phi) is 4.72. The molecule has 1 aliphatic heterocycles. The zero-order valence-electron chi connectivity index (χ0n) is 13.1. The first kappa shape index (κ1) is 16.4. The second-order valence-electron chi connectivity index (χ2n) is 5.26. The number of piperazine rings is 1. The Labute approximate surface area is 140 Å². The molecule has 9 heteroatoms. The normalized spacial score (nSPS) is 20.7. The third kappa shape index (κ3) is 3.01. The molecule has 0 amide bonds. The number of hydrogen-bond acceptors (Lipinski definition) is 6. The highest BCUT2D eigenvalue weighted by Crippen LogP contribution is 2.34. The average molecular weight is 356 g/mol. The van der Waals surface area contributed by atoms with E-state index in [1.165, 1.54) is 22.8 Å². The van der Waals surface area contributed by atoms with Crippen molar-refractivity contribution in [2.24, 2.45) is 0 Å². The molecule has 2 aromatic heterocycles. The van der Waals surface area contributed by atoms with Crippen molar-refractivity contribution in [3.63, 3.8) is 0 Å². The number of rotatable bonds is 5. The van der Waals surface area contributed by atoms with Crippen molar-refractivity contribution in [2.75, 3.05) is 33.3 Å². The third-order valence-electron chi connectivity index (χ3n) is 4.08. The molecule has 1 atom stereocenters. The summed E-state index contributed by atoms with van der Waals surface area (Å²) in [6.07, 6.45) is 3.46. The molecule has 0 bridgehead atoms. The van der Waals surface area contributed by atoms with E-state index < -0.39 is 10.0 Å². The van der Waals surface area contributed by atoms with Gasteiger partial charge in [0.15, 0.2) is 4.21 Å². The van der Waals surface area contributed by atoms with E-state index in [0.717, 1.165) is 12.4 Å². The van der Waals surface area contributed by atoms with Crippen LogP contribution in [0.1, 0.15) is 18.8 Å². The van der Waals surface area contributed by atoms with Crippen LogP contribution in [0.5, 0.6) is 5.75 Å². The lowest BCUT2D eigenvalue weighted by Gasteiger charge is -2.39. The smallest absolute Gasteiger partial charge is 0.256 e. The van der Waals surface area contributed by atoms with Crippen LogP contribution < -0.4 is 4.74 Å². The number of H-pyrrole nitrogens is 1. The van der Waals surface area contributed by atoms with E-state index in [1.54, 1.807) is 23.8 Å². The molecule has 3 rings (SSSR count). The van der Waals surface area contributed by atoms with Crippen LogP contribution in [0.4, 0.5) is 0 Å². The van der Waals surface area contributed by atoms with Gasteiger partial charge in [-0.2, -0.15) is 4.31 Å². The molecule has 23 heavy (non-hydrogen) atoms. The van der Waals surface area contributed by atoms with Crippen LogP contribution in [0, 0.1) is 0 Å². The van der Waals surface area contributed by atoms with E-state index in [9.17, 15) is 8.42 Å². The maximum absolute atomic E-state index is 12.9. The van der Waals surface area contributed by atoms with Crippen LogP contribution in [0.25, 0.3) is 0 Å². The van der Waals surface area contributed by atoms with Gasteiger partial charge in [-0.1, -0.05) is 6.92 Å². The van der Waals surface area contributed by atoms with E-state index in [4.69, 9.17) is 4.74 Å². The zero-order valence-corrected chi connectivity index (χ0v) is 14.7. The van der Waals surface area contributed by atoms with Gasteiger partial charge in [0.25, 0.3) is 10.0 Å². The number of imidazole rings is 1. The molecule has 3 heterocycles. The van der Waals surface area contributed by atoms with Gasteiger partial charge in [-0.15, -0.1) is 11.3 Å². The van der Waals surface area contributed by atoms with Crippen LogP contribution in [-0.4, -0.2) is 60.9 Å². The van der Waals surface area contributed by atoms with Gasteiger partial charge in [-0.3, -0.25) is 4.90 Å². The molecule has 1 fully saturated rings. The van der Waals surface area contributed by atoms with Gasteiger partial charge < -0.3 is 9.72 Å². The van der Waals surface area contributed by atoms with Gasteiger partial charge in [0.2, 0.25) is 0 Å². The average Bonchev–Trinajstić information content (AvgIpc) is 3.25. The monoisotopic (exact) mass is 356 g/mol. The van der Waals surface area contributed by atoms with Crippen molar-refractivity contribution >= 4 is 21.4 Å². The number of sulfonamides is 1. The van der Waals surface area contributed by atoms with Gasteiger partial charge in [0.1, 0.15) is 11.6 Å². The highest BCUT2D eigenvalue weighted by Gasteiger charge is 2.37. The number of aromatic nitrogens is 2. The van der Waals surface area contributed by atoms with Gasteiger partial charge in [0.05, 0.1) is 13.2 Å². The summed E-state index contributed by atoms with van der Waals surface area (Å²) < 4.78 is 32.9. The van der Waals surface area contributed by atoms with E-state index in [1.807, 2.05) is 0 Å². The minimum Gasteiger partial charge on any atom is -0.494 e. The van der Waals surface area contributed by atoms with Crippen LogP contribution >= 0.6 is 11.3 Å². The maximum Gasteiger partial charge on any atom is 0.256 e. The van der Waals surface area contributed by atoms with Crippen molar-refractivity contribution < 1.29 is 13.2 Å².